The average molecular weight is 254 g/mol. The van der Waals surface area contributed by atoms with Crippen LogP contribution in [0.25, 0.3) is 11.1 Å². The summed E-state index contributed by atoms with van der Waals surface area (Å²) < 4.78 is 5.02. The van der Waals surface area contributed by atoms with Gasteiger partial charge in [-0.25, -0.2) is 4.79 Å². The van der Waals surface area contributed by atoms with Crippen LogP contribution in [0.15, 0.2) is 27.4 Å². The van der Waals surface area contributed by atoms with Gasteiger partial charge in [-0.2, -0.15) is 0 Å². The number of aromatic nitrogens is 1. The Morgan fingerprint density at radius 1 is 1.41 bits per heavy atom. The number of alkyl halides is 1. The van der Waals surface area contributed by atoms with Crippen molar-refractivity contribution in [2.24, 2.45) is 5.41 Å². The molecule has 2 rings (SSSR count). The molecule has 0 spiro atoms. The Bertz CT molecular complexity index is 577. The van der Waals surface area contributed by atoms with E-state index in [2.05, 4.69) is 25.8 Å². The van der Waals surface area contributed by atoms with E-state index in [9.17, 15) is 4.79 Å². The normalized spacial score (nSPS) is 14.1. The van der Waals surface area contributed by atoms with Crippen LogP contribution in [-0.4, -0.2) is 4.98 Å². The molecule has 0 aliphatic carbocycles. The second-order valence-corrected chi connectivity index (χ2v) is 6.03. The van der Waals surface area contributed by atoms with Crippen molar-refractivity contribution in [1.82, 2.24) is 4.98 Å². The molecule has 17 heavy (non-hydrogen) atoms. The van der Waals surface area contributed by atoms with Crippen LogP contribution in [0.1, 0.15) is 38.1 Å². The molecule has 1 aromatic carbocycles. The minimum atomic E-state index is -0.431. The Kier molecular flexibility index (Phi) is 3.04. The van der Waals surface area contributed by atoms with Gasteiger partial charge < -0.3 is 4.42 Å². The first kappa shape index (κ1) is 12.2. The molecule has 0 amide bonds. The van der Waals surface area contributed by atoms with Crippen LogP contribution in [0.3, 0.4) is 0 Å². The molecule has 0 aliphatic heterocycles. The van der Waals surface area contributed by atoms with Crippen LogP contribution in [0.2, 0.25) is 0 Å². The maximum Gasteiger partial charge on any atom is 0.417 e. The van der Waals surface area contributed by atoms with E-state index in [4.69, 9.17) is 16.0 Å². The number of halogens is 1. The van der Waals surface area contributed by atoms with Crippen molar-refractivity contribution in [2.45, 2.75) is 32.6 Å². The van der Waals surface area contributed by atoms with E-state index in [0.29, 0.717) is 11.1 Å². The third-order valence-corrected chi connectivity index (χ3v) is 3.00. The molecule has 1 aromatic heterocycles. The summed E-state index contributed by atoms with van der Waals surface area (Å²) in [6, 6.07) is 5.58. The topological polar surface area (TPSA) is 46.0 Å². The number of hydrogen-bond donors (Lipinski definition) is 1. The minimum Gasteiger partial charge on any atom is -0.408 e. The number of oxazole rings is 1. The molecule has 0 bridgehead atoms. The first-order valence-electron chi connectivity index (χ1n) is 5.62. The van der Waals surface area contributed by atoms with Crippen molar-refractivity contribution in [3.8, 4) is 0 Å². The number of H-pyrrole nitrogens is 1. The maximum absolute atomic E-state index is 11.0. The fourth-order valence-corrected chi connectivity index (χ4v) is 2.41. The van der Waals surface area contributed by atoms with Gasteiger partial charge >= 0.3 is 5.76 Å². The first-order valence-corrected chi connectivity index (χ1v) is 6.06. The quantitative estimate of drug-likeness (QED) is 0.827. The van der Waals surface area contributed by atoms with E-state index < -0.39 is 5.76 Å². The Labute approximate surface area is 105 Å². The summed E-state index contributed by atoms with van der Waals surface area (Å²) in [7, 11) is 0. The molecule has 3 nitrogen and oxygen atoms in total. The lowest BCUT2D eigenvalue weighted by Gasteiger charge is -2.21. The highest BCUT2D eigenvalue weighted by Crippen LogP contribution is 2.34. The van der Waals surface area contributed by atoms with E-state index in [1.54, 1.807) is 0 Å². The van der Waals surface area contributed by atoms with Crippen LogP contribution in [0.4, 0.5) is 0 Å². The average Bonchev–Trinajstić information content (AvgIpc) is 2.53. The van der Waals surface area contributed by atoms with Crippen LogP contribution in [-0.2, 0) is 0 Å². The minimum absolute atomic E-state index is 0.0698. The van der Waals surface area contributed by atoms with Gasteiger partial charge in [0.05, 0.1) is 10.9 Å². The largest absolute Gasteiger partial charge is 0.417 e. The Hall–Kier alpha value is -1.22. The molecule has 0 aliphatic rings. The molecular formula is C13H16ClNO2. The van der Waals surface area contributed by atoms with Gasteiger partial charge in [0, 0.05) is 0 Å². The molecule has 0 saturated heterocycles. The second-order valence-electron chi connectivity index (χ2n) is 5.50. The van der Waals surface area contributed by atoms with Crippen LogP contribution < -0.4 is 5.76 Å². The number of hydrogen-bond acceptors (Lipinski definition) is 2. The lowest BCUT2D eigenvalue weighted by molar-refractivity contribution is 0.372. The summed E-state index contributed by atoms with van der Waals surface area (Å²) in [5.74, 6) is -0.431. The summed E-state index contributed by atoms with van der Waals surface area (Å²) in [4.78, 5) is 13.7. The zero-order valence-electron chi connectivity index (χ0n) is 10.2. The zero-order chi connectivity index (χ0) is 12.6. The number of nitrogens with one attached hydrogen (secondary N) is 1. The zero-order valence-corrected chi connectivity index (χ0v) is 11.0. The highest BCUT2D eigenvalue weighted by atomic mass is 35.5. The van der Waals surface area contributed by atoms with Crippen molar-refractivity contribution in [1.29, 1.82) is 0 Å². The van der Waals surface area contributed by atoms with Crippen molar-refractivity contribution in [3.63, 3.8) is 0 Å². The fourth-order valence-electron chi connectivity index (χ4n) is 1.81. The molecule has 0 saturated carbocycles. The number of rotatable bonds is 2. The number of benzene rings is 1. The number of fused-ring (bicyclic) bond motifs is 1. The number of aromatic amines is 1. The molecule has 2 aromatic rings. The van der Waals surface area contributed by atoms with Gasteiger partial charge in [0.1, 0.15) is 0 Å². The predicted octanol–water partition coefficient (Wildman–Crippen LogP) is 3.84. The van der Waals surface area contributed by atoms with Gasteiger partial charge in [0.15, 0.2) is 5.58 Å². The molecule has 92 valence electrons. The Morgan fingerprint density at radius 3 is 2.76 bits per heavy atom. The van der Waals surface area contributed by atoms with Gasteiger partial charge in [-0.15, -0.1) is 11.6 Å². The lowest BCUT2D eigenvalue weighted by atomic mass is 9.88. The SMILES string of the molecule is CC(C)(C)CC(Cl)c1ccc2[nH]c(=O)oc2c1. The Balaban J connectivity index is 2.32. The standard InChI is InChI=1S/C13H16ClNO2/c1-13(2,3)7-9(14)8-4-5-10-11(6-8)17-12(16)15-10/h4-6,9H,7H2,1-3H3,(H,15,16). The van der Waals surface area contributed by atoms with Gasteiger partial charge in [-0.1, -0.05) is 26.8 Å². The third-order valence-electron chi connectivity index (χ3n) is 2.60. The van der Waals surface area contributed by atoms with Crippen LogP contribution in [0, 0.1) is 5.41 Å². The maximum atomic E-state index is 11.0. The summed E-state index contributed by atoms with van der Waals surface area (Å²) in [5.41, 5.74) is 2.42. The van der Waals surface area contributed by atoms with E-state index in [1.165, 1.54) is 0 Å². The monoisotopic (exact) mass is 253 g/mol. The predicted molar refractivity (Wildman–Crippen MR) is 69.5 cm³/mol. The molecule has 1 unspecified atom stereocenters. The van der Waals surface area contributed by atoms with Gasteiger partial charge in [0.25, 0.3) is 0 Å². The summed E-state index contributed by atoms with van der Waals surface area (Å²) >= 11 is 6.37. The fraction of sp³-hybridized carbons (Fsp3) is 0.462. The Morgan fingerprint density at radius 2 is 2.12 bits per heavy atom. The second kappa shape index (κ2) is 4.22. The van der Waals surface area contributed by atoms with E-state index in [0.717, 1.165) is 12.0 Å². The van der Waals surface area contributed by atoms with Gasteiger partial charge in [0.2, 0.25) is 0 Å². The molecule has 0 fully saturated rings. The summed E-state index contributed by atoms with van der Waals surface area (Å²) in [5, 5.41) is -0.0698. The molecule has 4 heteroatoms. The summed E-state index contributed by atoms with van der Waals surface area (Å²) in [6.45, 7) is 6.45. The van der Waals surface area contributed by atoms with E-state index in [1.807, 2.05) is 18.2 Å². The van der Waals surface area contributed by atoms with Crippen LogP contribution >= 0.6 is 11.6 Å². The smallest absolute Gasteiger partial charge is 0.408 e. The highest BCUT2D eigenvalue weighted by molar-refractivity contribution is 6.20. The molecule has 0 radical (unpaired) electrons. The van der Waals surface area contributed by atoms with Gasteiger partial charge in [-0.05, 0) is 29.5 Å². The van der Waals surface area contributed by atoms with Crippen LogP contribution in [0.5, 0.6) is 0 Å². The van der Waals surface area contributed by atoms with E-state index >= 15 is 0 Å². The summed E-state index contributed by atoms with van der Waals surface area (Å²) in [6.07, 6.45) is 0.870. The van der Waals surface area contributed by atoms with Gasteiger partial charge in [-0.3, -0.25) is 4.98 Å². The van der Waals surface area contributed by atoms with Crippen molar-refractivity contribution in [2.75, 3.05) is 0 Å². The molecule has 1 heterocycles. The van der Waals surface area contributed by atoms with Crippen molar-refractivity contribution < 1.29 is 4.42 Å². The lowest BCUT2D eigenvalue weighted by Crippen LogP contribution is -2.08. The molecular weight excluding hydrogens is 238 g/mol. The molecule has 1 N–H and O–H groups in total. The molecule has 1 atom stereocenters. The van der Waals surface area contributed by atoms with Crippen molar-refractivity contribution in [3.05, 3.63) is 34.3 Å². The third kappa shape index (κ3) is 2.91. The van der Waals surface area contributed by atoms with Crippen molar-refractivity contribution >= 4 is 22.7 Å². The van der Waals surface area contributed by atoms with E-state index in [-0.39, 0.29) is 10.8 Å². The first-order chi connectivity index (χ1) is 7.85. The highest BCUT2D eigenvalue weighted by Gasteiger charge is 2.18.